The predicted octanol–water partition coefficient (Wildman–Crippen LogP) is 4.13. The highest BCUT2D eigenvalue weighted by Crippen LogP contribution is 2.27. The standard InChI is InChI=1S/C16H14ClFN4O3S/c1-7(20-15-19-6-13(26-15)22-16(24)25-2)9-3-8-4-10(17)11(18)5-12(8)21-14(9)23/h3-7H,1-2H3,(H,19,20)(H,21,23)(H,22,24). The third kappa shape index (κ3) is 3.78. The number of hydrogen-bond acceptors (Lipinski definition) is 6. The Kier molecular flexibility index (Phi) is 5.10. The van der Waals surface area contributed by atoms with Crippen molar-refractivity contribution in [2.45, 2.75) is 13.0 Å². The Morgan fingerprint density at radius 2 is 2.19 bits per heavy atom. The van der Waals surface area contributed by atoms with Crippen molar-refractivity contribution < 1.29 is 13.9 Å². The van der Waals surface area contributed by atoms with Crippen molar-refractivity contribution in [3.8, 4) is 0 Å². The van der Waals surface area contributed by atoms with Crippen LogP contribution >= 0.6 is 22.9 Å². The normalized spacial score (nSPS) is 12.0. The van der Waals surface area contributed by atoms with Gasteiger partial charge in [0.1, 0.15) is 10.8 Å². The molecule has 0 bridgehead atoms. The maximum atomic E-state index is 13.5. The van der Waals surface area contributed by atoms with Gasteiger partial charge in [-0.1, -0.05) is 22.9 Å². The van der Waals surface area contributed by atoms with E-state index in [1.165, 1.54) is 36.8 Å². The van der Waals surface area contributed by atoms with Crippen LogP contribution < -0.4 is 16.2 Å². The van der Waals surface area contributed by atoms with Crippen molar-refractivity contribution in [2.24, 2.45) is 0 Å². The second-order valence-electron chi connectivity index (χ2n) is 5.42. The molecule has 1 aromatic carbocycles. The van der Waals surface area contributed by atoms with Crippen molar-refractivity contribution in [2.75, 3.05) is 17.7 Å². The summed E-state index contributed by atoms with van der Waals surface area (Å²) < 4.78 is 18.0. The molecule has 3 rings (SSSR count). The number of hydrogen-bond donors (Lipinski definition) is 3. The van der Waals surface area contributed by atoms with E-state index in [1.54, 1.807) is 13.0 Å². The number of carbonyl (C=O) groups excluding carboxylic acids is 1. The molecule has 0 saturated heterocycles. The zero-order valence-electron chi connectivity index (χ0n) is 13.7. The minimum absolute atomic E-state index is 0.0189. The Hall–Kier alpha value is -2.65. The summed E-state index contributed by atoms with van der Waals surface area (Å²) in [5.74, 6) is -0.595. The number of thiazole rings is 1. The first-order chi connectivity index (χ1) is 12.4. The molecule has 1 amide bonds. The lowest BCUT2D eigenvalue weighted by molar-refractivity contribution is 0.187. The minimum atomic E-state index is -0.595. The van der Waals surface area contributed by atoms with E-state index >= 15 is 0 Å². The molecule has 2 aromatic heterocycles. The first kappa shape index (κ1) is 18.2. The molecule has 3 N–H and O–H groups in total. The lowest BCUT2D eigenvalue weighted by Gasteiger charge is -2.13. The van der Waals surface area contributed by atoms with Crippen molar-refractivity contribution in [1.29, 1.82) is 0 Å². The molecule has 7 nitrogen and oxygen atoms in total. The second-order valence-corrected chi connectivity index (χ2v) is 6.86. The molecule has 0 aliphatic carbocycles. The first-order valence-electron chi connectivity index (χ1n) is 7.46. The number of pyridine rings is 1. The third-order valence-corrected chi connectivity index (χ3v) is 4.77. The molecule has 0 aliphatic heterocycles. The van der Waals surface area contributed by atoms with Gasteiger partial charge in [0, 0.05) is 10.9 Å². The molecule has 0 aliphatic rings. The molecule has 3 aromatic rings. The summed E-state index contributed by atoms with van der Waals surface area (Å²) >= 11 is 7.01. The van der Waals surface area contributed by atoms with Gasteiger partial charge in [0.15, 0.2) is 5.13 Å². The summed E-state index contributed by atoms with van der Waals surface area (Å²) in [5, 5.41) is 7.21. The van der Waals surface area contributed by atoms with Gasteiger partial charge in [-0.05, 0) is 25.1 Å². The van der Waals surface area contributed by atoms with E-state index in [2.05, 4.69) is 25.3 Å². The van der Waals surface area contributed by atoms with Crippen LogP contribution in [0.3, 0.4) is 0 Å². The van der Waals surface area contributed by atoms with Crippen LogP contribution in [0.4, 0.5) is 19.3 Å². The average molecular weight is 397 g/mol. The largest absolute Gasteiger partial charge is 0.453 e. The lowest BCUT2D eigenvalue weighted by Crippen LogP contribution is -2.19. The smallest absolute Gasteiger partial charge is 0.412 e. The van der Waals surface area contributed by atoms with E-state index in [-0.39, 0.29) is 16.6 Å². The summed E-state index contributed by atoms with van der Waals surface area (Å²) in [6.45, 7) is 1.79. The molecule has 1 atom stereocenters. The summed E-state index contributed by atoms with van der Waals surface area (Å²) in [6, 6.07) is 3.91. The topological polar surface area (TPSA) is 96.1 Å². The van der Waals surface area contributed by atoms with Gasteiger partial charge in [0.25, 0.3) is 5.56 Å². The van der Waals surface area contributed by atoms with Gasteiger partial charge >= 0.3 is 6.09 Å². The average Bonchev–Trinajstić information content (AvgIpc) is 3.02. The Labute approximate surface area is 156 Å². The fraction of sp³-hybridized carbons (Fsp3) is 0.188. The number of anilines is 2. The highest BCUT2D eigenvalue weighted by molar-refractivity contribution is 7.19. The molecule has 1 unspecified atom stereocenters. The molecule has 0 saturated carbocycles. The molecule has 2 heterocycles. The van der Waals surface area contributed by atoms with Crippen LogP contribution in [0.2, 0.25) is 5.02 Å². The van der Waals surface area contributed by atoms with Crippen LogP contribution in [0.5, 0.6) is 0 Å². The molecular weight excluding hydrogens is 383 g/mol. The number of nitrogens with zero attached hydrogens (tertiary/aromatic N) is 1. The number of ether oxygens (including phenoxy) is 1. The Balaban J connectivity index is 1.84. The van der Waals surface area contributed by atoms with Crippen LogP contribution in [0, 0.1) is 5.82 Å². The van der Waals surface area contributed by atoms with Gasteiger partial charge in [-0.3, -0.25) is 10.1 Å². The molecule has 0 radical (unpaired) electrons. The molecule has 26 heavy (non-hydrogen) atoms. The Morgan fingerprint density at radius 3 is 2.92 bits per heavy atom. The SMILES string of the molecule is COC(=O)Nc1cnc(NC(C)c2cc3cc(Cl)c(F)cc3[nH]c2=O)s1. The minimum Gasteiger partial charge on any atom is -0.453 e. The number of aromatic nitrogens is 2. The number of nitrogens with one attached hydrogen (secondary N) is 3. The van der Waals surface area contributed by atoms with Crippen LogP contribution in [-0.2, 0) is 4.74 Å². The van der Waals surface area contributed by atoms with Gasteiger partial charge in [-0.25, -0.2) is 14.2 Å². The molecular formula is C16H14ClFN4O3S. The predicted molar refractivity (Wildman–Crippen MR) is 99.7 cm³/mol. The monoisotopic (exact) mass is 396 g/mol. The van der Waals surface area contributed by atoms with E-state index in [0.717, 1.165) is 0 Å². The molecule has 136 valence electrons. The number of rotatable bonds is 4. The quantitative estimate of drug-likeness (QED) is 0.616. The maximum Gasteiger partial charge on any atom is 0.412 e. The fourth-order valence-electron chi connectivity index (χ4n) is 2.35. The highest BCUT2D eigenvalue weighted by atomic mass is 35.5. The number of carbonyl (C=O) groups is 1. The zero-order chi connectivity index (χ0) is 18.8. The zero-order valence-corrected chi connectivity index (χ0v) is 15.3. The van der Waals surface area contributed by atoms with Gasteiger partial charge < -0.3 is 15.0 Å². The number of halogens is 2. The molecule has 0 fully saturated rings. The summed E-state index contributed by atoms with van der Waals surface area (Å²) in [7, 11) is 1.27. The lowest BCUT2D eigenvalue weighted by atomic mass is 10.1. The van der Waals surface area contributed by atoms with E-state index < -0.39 is 11.9 Å². The number of aromatic amines is 1. The van der Waals surface area contributed by atoms with Gasteiger partial charge in [-0.2, -0.15) is 0 Å². The highest BCUT2D eigenvalue weighted by Gasteiger charge is 2.15. The molecule has 0 spiro atoms. The van der Waals surface area contributed by atoms with Crippen molar-refractivity contribution in [3.63, 3.8) is 0 Å². The van der Waals surface area contributed by atoms with E-state index in [4.69, 9.17) is 11.6 Å². The van der Waals surface area contributed by atoms with Crippen LogP contribution in [0.1, 0.15) is 18.5 Å². The maximum absolute atomic E-state index is 13.5. The van der Waals surface area contributed by atoms with Crippen LogP contribution in [0.25, 0.3) is 10.9 Å². The number of methoxy groups -OCH3 is 1. The fourth-order valence-corrected chi connectivity index (χ4v) is 3.31. The van der Waals surface area contributed by atoms with Gasteiger partial charge in [0.2, 0.25) is 0 Å². The Morgan fingerprint density at radius 1 is 1.42 bits per heavy atom. The number of fused-ring (bicyclic) bond motifs is 1. The van der Waals surface area contributed by atoms with E-state index in [9.17, 15) is 14.0 Å². The number of amides is 1. The number of H-pyrrole nitrogens is 1. The van der Waals surface area contributed by atoms with Crippen LogP contribution in [-0.4, -0.2) is 23.2 Å². The molecule has 10 heteroatoms. The van der Waals surface area contributed by atoms with Crippen molar-refractivity contribution in [1.82, 2.24) is 9.97 Å². The number of benzene rings is 1. The second kappa shape index (κ2) is 7.30. The Bertz CT molecular complexity index is 1040. The van der Waals surface area contributed by atoms with E-state index in [1.807, 2.05) is 0 Å². The summed E-state index contributed by atoms with van der Waals surface area (Å²) in [5.41, 5.74) is 0.466. The summed E-state index contributed by atoms with van der Waals surface area (Å²) in [6.07, 6.45) is 0.882. The van der Waals surface area contributed by atoms with Crippen molar-refractivity contribution in [3.05, 3.63) is 51.2 Å². The summed E-state index contributed by atoms with van der Waals surface area (Å²) in [4.78, 5) is 30.3. The third-order valence-electron chi connectivity index (χ3n) is 3.64. The van der Waals surface area contributed by atoms with Gasteiger partial charge in [-0.15, -0.1) is 0 Å². The van der Waals surface area contributed by atoms with Gasteiger partial charge in [0.05, 0.1) is 29.9 Å². The van der Waals surface area contributed by atoms with Crippen molar-refractivity contribution >= 4 is 50.1 Å². The van der Waals surface area contributed by atoms with Crippen LogP contribution in [0.15, 0.2) is 29.2 Å². The first-order valence-corrected chi connectivity index (χ1v) is 8.66. The van der Waals surface area contributed by atoms with E-state index in [0.29, 0.717) is 26.6 Å².